The Kier molecular flexibility index (Phi) is 5.48. The Bertz CT molecular complexity index is 271. The molecule has 0 aliphatic rings. The van der Waals surface area contributed by atoms with E-state index in [2.05, 4.69) is 35.9 Å². The number of halogens is 1. The normalized spacial score (nSPS) is 10.3. The monoisotopic (exact) mass is 226 g/mol. The van der Waals surface area contributed by atoms with Gasteiger partial charge in [0.15, 0.2) is 0 Å². The number of rotatable bonds is 6. The van der Waals surface area contributed by atoms with Gasteiger partial charge in [-0.1, -0.05) is 19.4 Å². The van der Waals surface area contributed by atoms with E-state index in [9.17, 15) is 0 Å². The van der Waals surface area contributed by atoms with E-state index in [1.807, 2.05) is 6.20 Å². The summed E-state index contributed by atoms with van der Waals surface area (Å²) in [6.07, 6.45) is 4.29. The summed E-state index contributed by atoms with van der Waals surface area (Å²) >= 11 is 5.79. The number of aryl methyl sites for hydroxylation is 1. The molecule has 0 radical (unpaired) electrons. The molecule has 0 fully saturated rings. The minimum atomic E-state index is 0.652. The van der Waals surface area contributed by atoms with Crippen LogP contribution in [-0.4, -0.2) is 24.0 Å². The molecule has 3 heteroatoms. The van der Waals surface area contributed by atoms with E-state index in [0.29, 0.717) is 5.88 Å². The number of hydrogen-bond donors (Lipinski definition) is 0. The molecule has 0 aliphatic heterocycles. The standard InChI is InChI=1S/C12H19ClN2/c1-3-4-8-15(9-7-13)12-6-5-11(2)10-14-12/h5-6,10H,3-4,7-9H2,1-2H3. The summed E-state index contributed by atoms with van der Waals surface area (Å²) in [6, 6.07) is 4.16. The second-order valence-corrected chi connectivity index (χ2v) is 4.10. The Morgan fingerprint density at radius 2 is 2.13 bits per heavy atom. The third kappa shape index (κ3) is 4.08. The number of unbranched alkanes of at least 4 members (excludes halogenated alkanes) is 1. The molecule has 0 unspecified atom stereocenters. The van der Waals surface area contributed by atoms with Gasteiger partial charge < -0.3 is 4.90 Å². The average molecular weight is 227 g/mol. The van der Waals surface area contributed by atoms with Gasteiger partial charge in [0.05, 0.1) is 0 Å². The van der Waals surface area contributed by atoms with E-state index < -0.39 is 0 Å². The summed E-state index contributed by atoms with van der Waals surface area (Å²) in [6.45, 7) is 6.16. The van der Waals surface area contributed by atoms with Crippen molar-refractivity contribution in [1.82, 2.24) is 4.98 Å². The molecule has 1 heterocycles. The maximum atomic E-state index is 5.79. The second-order valence-electron chi connectivity index (χ2n) is 3.72. The lowest BCUT2D eigenvalue weighted by Gasteiger charge is -2.22. The number of alkyl halides is 1. The average Bonchev–Trinajstić information content (AvgIpc) is 2.25. The van der Waals surface area contributed by atoms with Gasteiger partial charge in [-0.15, -0.1) is 11.6 Å². The molecule has 1 rings (SSSR count). The maximum absolute atomic E-state index is 5.79. The molecule has 1 aromatic rings. The zero-order chi connectivity index (χ0) is 11.1. The first-order valence-corrected chi connectivity index (χ1v) is 6.05. The SMILES string of the molecule is CCCCN(CCCl)c1ccc(C)cn1. The Balaban J connectivity index is 2.65. The molecule has 0 saturated carbocycles. The Morgan fingerprint density at radius 1 is 1.33 bits per heavy atom. The minimum Gasteiger partial charge on any atom is -0.355 e. The molecule has 0 aromatic carbocycles. The zero-order valence-electron chi connectivity index (χ0n) is 9.54. The number of hydrogen-bond acceptors (Lipinski definition) is 2. The molecular weight excluding hydrogens is 208 g/mol. The summed E-state index contributed by atoms with van der Waals surface area (Å²) in [5.74, 6) is 1.69. The van der Waals surface area contributed by atoms with E-state index >= 15 is 0 Å². The Labute approximate surface area is 97.3 Å². The number of aromatic nitrogens is 1. The van der Waals surface area contributed by atoms with Crippen LogP contribution in [0.2, 0.25) is 0 Å². The third-order valence-electron chi connectivity index (χ3n) is 2.36. The molecule has 84 valence electrons. The van der Waals surface area contributed by atoms with E-state index in [4.69, 9.17) is 11.6 Å². The van der Waals surface area contributed by atoms with Crippen molar-refractivity contribution in [1.29, 1.82) is 0 Å². The molecule has 0 amide bonds. The Hall–Kier alpha value is -0.760. The minimum absolute atomic E-state index is 0.652. The molecular formula is C12H19ClN2. The summed E-state index contributed by atoms with van der Waals surface area (Å²) < 4.78 is 0. The molecule has 0 atom stereocenters. The highest BCUT2D eigenvalue weighted by molar-refractivity contribution is 6.18. The molecule has 2 nitrogen and oxygen atoms in total. The summed E-state index contributed by atoms with van der Waals surface area (Å²) in [5, 5.41) is 0. The summed E-state index contributed by atoms with van der Waals surface area (Å²) in [7, 11) is 0. The van der Waals surface area contributed by atoms with Gasteiger partial charge in [0.25, 0.3) is 0 Å². The van der Waals surface area contributed by atoms with Gasteiger partial charge in [-0.25, -0.2) is 4.98 Å². The van der Waals surface area contributed by atoms with E-state index in [1.165, 1.54) is 18.4 Å². The lowest BCUT2D eigenvalue weighted by Crippen LogP contribution is -2.27. The van der Waals surface area contributed by atoms with Crippen LogP contribution < -0.4 is 4.90 Å². The smallest absolute Gasteiger partial charge is 0.128 e. The molecule has 0 saturated heterocycles. The van der Waals surface area contributed by atoms with Crippen molar-refractivity contribution in [2.75, 3.05) is 23.9 Å². The fraction of sp³-hybridized carbons (Fsp3) is 0.583. The van der Waals surface area contributed by atoms with Crippen molar-refractivity contribution in [3.8, 4) is 0 Å². The number of pyridine rings is 1. The molecule has 0 spiro atoms. The summed E-state index contributed by atoms with van der Waals surface area (Å²) in [5.41, 5.74) is 1.19. The van der Waals surface area contributed by atoms with Crippen LogP contribution in [0.3, 0.4) is 0 Å². The van der Waals surface area contributed by atoms with E-state index in [1.54, 1.807) is 0 Å². The predicted molar refractivity (Wildman–Crippen MR) is 66.8 cm³/mol. The van der Waals surface area contributed by atoms with E-state index in [0.717, 1.165) is 18.9 Å². The van der Waals surface area contributed by atoms with Crippen molar-refractivity contribution in [2.45, 2.75) is 26.7 Å². The zero-order valence-corrected chi connectivity index (χ0v) is 10.3. The van der Waals surface area contributed by atoms with Crippen LogP contribution in [-0.2, 0) is 0 Å². The fourth-order valence-electron chi connectivity index (χ4n) is 1.44. The fourth-order valence-corrected chi connectivity index (χ4v) is 1.64. The predicted octanol–water partition coefficient (Wildman–Crippen LogP) is 3.24. The lowest BCUT2D eigenvalue weighted by molar-refractivity contribution is 0.725. The second kappa shape index (κ2) is 6.67. The van der Waals surface area contributed by atoms with Gasteiger partial charge in [0, 0.05) is 25.2 Å². The van der Waals surface area contributed by atoms with Gasteiger partial charge in [0.2, 0.25) is 0 Å². The van der Waals surface area contributed by atoms with Crippen LogP contribution in [0.5, 0.6) is 0 Å². The van der Waals surface area contributed by atoms with Crippen molar-refractivity contribution in [2.24, 2.45) is 0 Å². The number of anilines is 1. The highest BCUT2D eigenvalue weighted by atomic mass is 35.5. The quantitative estimate of drug-likeness (QED) is 0.693. The third-order valence-corrected chi connectivity index (χ3v) is 2.52. The van der Waals surface area contributed by atoms with Crippen LogP contribution in [0.15, 0.2) is 18.3 Å². The van der Waals surface area contributed by atoms with Crippen LogP contribution in [0.1, 0.15) is 25.3 Å². The first-order chi connectivity index (χ1) is 7.27. The van der Waals surface area contributed by atoms with Crippen molar-refractivity contribution in [3.63, 3.8) is 0 Å². The molecule has 0 N–H and O–H groups in total. The molecule has 0 bridgehead atoms. The van der Waals surface area contributed by atoms with Gasteiger partial charge >= 0.3 is 0 Å². The molecule has 15 heavy (non-hydrogen) atoms. The largest absolute Gasteiger partial charge is 0.355 e. The van der Waals surface area contributed by atoms with Crippen molar-refractivity contribution < 1.29 is 0 Å². The van der Waals surface area contributed by atoms with Crippen LogP contribution in [0.4, 0.5) is 5.82 Å². The topological polar surface area (TPSA) is 16.1 Å². The first-order valence-electron chi connectivity index (χ1n) is 5.51. The van der Waals surface area contributed by atoms with Gasteiger partial charge in [-0.3, -0.25) is 0 Å². The van der Waals surface area contributed by atoms with Gasteiger partial charge in [-0.2, -0.15) is 0 Å². The molecule has 0 aliphatic carbocycles. The van der Waals surface area contributed by atoms with Crippen LogP contribution in [0, 0.1) is 6.92 Å². The number of nitrogens with zero attached hydrogens (tertiary/aromatic N) is 2. The van der Waals surface area contributed by atoms with Gasteiger partial charge in [-0.05, 0) is 25.0 Å². The maximum Gasteiger partial charge on any atom is 0.128 e. The highest BCUT2D eigenvalue weighted by Gasteiger charge is 2.05. The molecule has 1 aromatic heterocycles. The lowest BCUT2D eigenvalue weighted by atomic mass is 10.3. The first kappa shape index (κ1) is 12.3. The van der Waals surface area contributed by atoms with Gasteiger partial charge in [0.1, 0.15) is 5.82 Å². The van der Waals surface area contributed by atoms with Crippen molar-refractivity contribution >= 4 is 17.4 Å². The van der Waals surface area contributed by atoms with Crippen LogP contribution in [0.25, 0.3) is 0 Å². The van der Waals surface area contributed by atoms with Crippen LogP contribution >= 0.6 is 11.6 Å². The summed E-state index contributed by atoms with van der Waals surface area (Å²) in [4.78, 5) is 6.66. The van der Waals surface area contributed by atoms with Crippen molar-refractivity contribution in [3.05, 3.63) is 23.9 Å². The Morgan fingerprint density at radius 3 is 2.67 bits per heavy atom. The van der Waals surface area contributed by atoms with E-state index in [-0.39, 0.29) is 0 Å². The highest BCUT2D eigenvalue weighted by Crippen LogP contribution is 2.12.